The Morgan fingerprint density at radius 3 is 2.86 bits per heavy atom. The Labute approximate surface area is 168 Å². The number of anilines is 1. The van der Waals surface area contributed by atoms with Crippen LogP contribution in [0.1, 0.15) is 20.8 Å². The average molecular weight is 401 g/mol. The third-order valence-corrected chi connectivity index (χ3v) is 5.56. The van der Waals surface area contributed by atoms with Crippen LogP contribution in [0.3, 0.4) is 0 Å². The predicted octanol–water partition coefficient (Wildman–Crippen LogP) is 3.04. The van der Waals surface area contributed by atoms with Gasteiger partial charge in [-0.2, -0.15) is 0 Å². The van der Waals surface area contributed by atoms with Gasteiger partial charge in [-0.3, -0.25) is 4.79 Å². The molecule has 0 bridgehead atoms. The van der Waals surface area contributed by atoms with Gasteiger partial charge in [-0.25, -0.2) is 9.97 Å². The maximum atomic E-state index is 12.4. The van der Waals surface area contributed by atoms with Crippen LogP contribution in [0.5, 0.6) is 5.75 Å². The van der Waals surface area contributed by atoms with Crippen molar-refractivity contribution in [2.24, 2.45) is 0 Å². The van der Waals surface area contributed by atoms with Crippen molar-refractivity contribution in [2.75, 3.05) is 39.2 Å². The molecule has 0 aliphatic rings. The lowest BCUT2D eigenvalue weighted by Gasteiger charge is -2.08. The summed E-state index contributed by atoms with van der Waals surface area (Å²) >= 11 is 1.38. The SMILES string of the molecule is COCCNC(=O)c1sc2ncnc(NCCc3cccc(OC)c3)c2c1C. The van der Waals surface area contributed by atoms with E-state index in [0.717, 1.165) is 33.8 Å². The Hall–Kier alpha value is -2.71. The molecule has 7 nitrogen and oxygen atoms in total. The van der Waals surface area contributed by atoms with Crippen molar-refractivity contribution >= 4 is 33.3 Å². The molecule has 1 amide bonds. The number of aryl methyl sites for hydroxylation is 1. The fourth-order valence-electron chi connectivity index (χ4n) is 2.92. The quantitative estimate of drug-likeness (QED) is 0.537. The average Bonchev–Trinajstić information content (AvgIpc) is 3.06. The highest BCUT2D eigenvalue weighted by atomic mass is 32.1. The lowest BCUT2D eigenvalue weighted by molar-refractivity contribution is 0.0940. The van der Waals surface area contributed by atoms with Gasteiger partial charge in [0, 0.05) is 20.2 Å². The van der Waals surface area contributed by atoms with Crippen molar-refractivity contribution in [1.82, 2.24) is 15.3 Å². The molecule has 148 valence electrons. The first kappa shape index (κ1) is 20.0. The molecule has 0 saturated heterocycles. The van der Waals surface area contributed by atoms with Gasteiger partial charge in [-0.05, 0) is 36.6 Å². The molecule has 0 radical (unpaired) electrons. The number of amides is 1. The van der Waals surface area contributed by atoms with E-state index in [9.17, 15) is 4.79 Å². The van der Waals surface area contributed by atoms with Gasteiger partial charge in [0.25, 0.3) is 5.91 Å². The molecule has 0 aliphatic carbocycles. The van der Waals surface area contributed by atoms with E-state index >= 15 is 0 Å². The monoisotopic (exact) mass is 400 g/mol. The summed E-state index contributed by atoms with van der Waals surface area (Å²) in [5.41, 5.74) is 2.07. The number of carbonyl (C=O) groups is 1. The summed E-state index contributed by atoms with van der Waals surface area (Å²) in [7, 11) is 3.27. The normalized spacial score (nSPS) is 10.8. The summed E-state index contributed by atoms with van der Waals surface area (Å²) in [6, 6.07) is 8.00. The minimum absolute atomic E-state index is 0.111. The number of hydrogen-bond acceptors (Lipinski definition) is 7. The number of nitrogens with zero attached hydrogens (tertiary/aromatic N) is 2. The second-order valence-corrected chi connectivity index (χ2v) is 7.23. The van der Waals surface area contributed by atoms with Crippen LogP contribution in [-0.2, 0) is 11.2 Å². The van der Waals surface area contributed by atoms with Gasteiger partial charge in [0.15, 0.2) is 0 Å². The number of hydrogen-bond donors (Lipinski definition) is 2. The number of thiophene rings is 1. The third kappa shape index (κ3) is 4.58. The Balaban J connectivity index is 1.73. The first-order valence-electron chi connectivity index (χ1n) is 9.02. The van der Waals surface area contributed by atoms with Gasteiger partial charge >= 0.3 is 0 Å². The third-order valence-electron chi connectivity index (χ3n) is 4.37. The molecule has 0 fully saturated rings. The van der Waals surface area contributed by atoms with E-state index in [0.29, 0.717) is 24.6 Å². The second-order valence-electron chi connectivity index (χ2n) is 6.24. The molecule has 1 aromatic carbocycles. The highest BCUT2D eigenvalue weighted by molar-refractivity contribution is 7.20. The summed E-state index contributed by atoms with van der Waals surface area (Å²) in [6.07, 6.45) is 2.36. The van der Waals surface area contributed by atoms with Crippen molar-refractivity contribution in [2.45, 2.75) is 13.3 Å². The van der Waals surface area contributed by atoms with Gasteiger partial charge in [-0.15, -0.1) is 11.3 Å². The molecule has 3 aromatic rings. The summed E-state index contributed by atoms with van der Waals surface area (Å²) in [5, 5.41) is 7.14. The second kappa shape index (κ2) is 9.48. The van der Waals surface area contributed by atoms with Crippen LogP contribution in [0, 0.1) is 6.92 Å². The van der Waals surface area contributed by atoms with E-state index in [2.05, 4.69) is 26.7 Å². The van der Waals surface area contributed by atoms with Crippen LogP contribution in [0.4, 0.5) is 5.82 Å². The number of nitrogens with one attached hydrogen (secondary N) is 2. The first-order chi connectivity index (χ1) is 13.6. The van der Waals surface area contributed by atoms with Gasteiger partial charge in [0.05, 0.1) is 24.0 Å². The predicted molar refractivity (Wildman–Crippen MR) is 112 cm³/mol. The van der Waals surface area contributed by atoms with Gasteiger partial charge in [-0.1, -0.05) is 12.1 Å². The highest BCUT2D eigenvalue weighted by Gasteiger charge is 2.19. The van der Waals surface area contributed by atoms with Crippen LogP contribution in [0.2, 0.25) is 0 Å². The maximum absolute atomic E-state index is 12.4. The largest absolute Gasteiger partial charge is 0.497 e. The van der Waals surface area contributed by atoms with Crippen LogP contribution >= 0.6 is 11.3 Å². The minimum atomic E-state index is -0.111. The summed E-state index contributed by atoms with van der Waals surface area (Å²) < 4.78 is 10.2. The van der Waals surface area contributed by atoms with Crippen molar-refractivity contribution < 1.29 is 14.3 Å². The first-order valence-corrected chi connectivity index (χ1v) is 9.83. The van der Waals surface area contributed by atoms with Crippen LogP contribution in [0.25, 0.3) is 10.2 Å². The number of carbonyl (C=O) groups excluding carboxylic acids is 1. The topological polar surface area (TPSA) is 85.4 Å². The molecule has 0 saturated carbocycles. The molecular formula is C20H24N4O3S. The standard InChI is InChI=1S/C20H24N4O3S/c1-13-16-18(21-8-7-14-5-4-6-15(11-14)27-3)23-12-24-20(16)28-17(13)19(25)22-9-10-26-2/h4-6,11-12H,7-10H2,1-3H3,(H,22,25)(H,21,23,24). The Morgan fingerprint density at radius 1 is 1.21 bits per heavy atom. The molecule has 0 spiro atoms. The summed E-state index contributed by atoms with van der Waals surface area (Å²) in [4.78, 5) is 22.6. The molecule has 3 rings (SSSR count). The molecule has 0 atom stereocenters. The van der Waals surface area contributed by atoms with Crippen LogP contribution < -0.4 is 15.4 Å². The minimum Gasteiger partial charge on any atom is -0.497 e. The van der Waals surface area contributed by atoms with E-state index in [4.69, 9.17) is 9.47 Å². The molecule has 8 heteroatoms. The number of methoxy groups -OCH3 is 2. The Bertz CT molecular complexity index is 958. The zero-order valence-electron chi connectivity index (χ0n) is 16.2. The lowest BCUT2D eigenvalue weighted by Crippen LogP contribution is -2.26. The molecule has 28 heavy (non-hydrogen) atoms. The highest BCUT2D eigenvalue weighted by Crippen LogP contribution is 2.33. The van der Waals surface area contributed by atoms with Crippen molar-refractivity contribution in [3.63, 3.8) is 0 Å². The summed E-state index contributed by atoms with van der Waals surface area (Å²) in [6.45, 7) is 3.59. The molecule has 0 unspecified atom stereocenters. The van der Waals surface area contributed by atoms with Gasteiger partial charge in [0.2, 0.25) is 0 Å². The molecule has 2 aromatic heterocycles. The lowest BCUT2D eigenvalue weighted by atomic mass is 10.1. The molecule has 2 heterocycles. The van der Waals surface area contributed by atoms with Crippen molar-refractivity contribution in [3.05, 3.63) is 46.6 Å². The molecule has 2 N–H and O–H groups in total. The number of rotatable bonds is 9. The van der Waals surface area contributed by atoms with E-state index in [1.165, 1.54) is 23.2 Å². The van der Waals surface area contributed by atoms with Crippen LogP contribution in [-0.4, -0.2) is 49.8 Å². The smallest absolute Gasteiger partial charge is 0.261 e. The number of ether oxygens (including phenoxy) is 2. The van der Waals surface area contributed by atoms with Crippen LogP contribution in [0.15, 0.2) is 30.6 Å². The van der Waals surface area contributed by atoms with Crippen molar-refractivity contribution in [1.29, 1.82) is 0 Å². The molecule has 0 aliphatic heterocycles. The fraction of sp³-hybridized carbons (Fsp3) is 0.350. The zero-order chi connectivity index (χ0) is 19.9. The van der Waals surface area contributed by atoms with E-state index in [1.807, 2.05) is 25.1 Å². The summed E-state index contributed by atoms with van der Waals surface area (Å²) in [5.74, 6) is 1.48. The Morgan fingerprint density at radius 2 is 2.07 bits per heavy atom. The molecular weight excluding hydrogens is 376 g/mol. The number of fused-ring (bicyclic) bond motifs is 1. The van der Waals surface area contributed by atoms with E-state index in [1.54, 1.807) is 14.2 Å². The zero-order valence-corrected chi connectivity index (χ0v) is 17.1. The van der Waals surface area contributed by atoms with E-state index < -0.39 is 0 Å². The number of aromatic nitrogens is 2. The van der Waals surface area contributed by atoms with Gasteiger partial charge < -0.3 is 20.1 Å². The fourth-order valence-corrected chi connectivity index (χ4v) is 3.99. The maximum Gasteiger partial charge on any atom is 0.261 e. The Kier molecular flexibility index (Phi) is 6.78. The van der Waals surface area contributed by atoms with Crippen molar-refractivity contribution in [3.8, 4) is 5.75 Å². The van der Waals surface area contributed by atoms with E-state index in [-0.39, 0.29) is 5.91 Å². The van der Waals surface area contributed by atoms with Gasteiger partial charge in [0.1, 0.15) is 22.7 Å². The number of benzene rings is 1.